The third kappa shape index (κ3) is 5.22. The van der Waals surface area contributed by atoms with E-state index in [1.165, 1.54) is 4.90 Å². The van der Waals surface area contributed by atoms with Crippen molar-refractivity contribution in [3.8, 4) is 0 Å². The van der Waals surface area contributed by atoms with Crippen LogP contribution in [0.3, 0.4) is 0 Å². The lowest BCUT2D eigenvalue weighted by molar-refractivity contribution is -0.122. The van der Waals surface area contributed by atoms with Gasteiger partial charge in [-0.25, -0.2) is 13.2 Å². The molecule has 1 fully saturated rings. The van der Waals surface area contributed by atoms with Gasteiger partial charge < -0.3 is 14.2 Å². The van der Waals surface area contributed by atoms with Crippen LogP contribution in [-0.4, -0.2) is 49.0 Å². The summed E-state index contributed by atoms with van der Waals surface area (Å²) in [7, 11) is -3.19. The van der Waals surface area contributed by atoms with Crippen molar-refractivity contribution in [2.45, 2.75) is 32.9 Å². The number of hydrogen-bond acceptors (Lipinski definition) is 5. The Morgan fingerprint density at radius 2 is 1.68 bits per heavy atom. The van der Waals surface area contributed by atoms with Crippen molar-refractivity contribution in [2.24, 2.45) is 0 Å². The summed E-state index contributed by atoms with van der Waals surface area (Å²) in [4.78, 5) is 27.4. The molecule has 34 heavy (non-hydrogen) atoms. The third-order valence-corrected chi connectivity index (χ3v) is 7.93. The molecule has 1 aliphatic rings. The highest BCUT2D eigenvalue weighted by molar-refractivity contribution is 7.91. The van der Waals surface area contributed by atoms with E-state index in [-0.39, 0.29) is 11.5 Å². The largest absolute Gasteiger partial charge is 0.452 e. The van der Waals surface area contributed by atoms with Crippen LogP contribution in [-0.2, 0) is 25.9 Å². The van der Waals surface area contributed by atoms with Gasteiger partial charge in [0.2, 0.25) is 0 Å². The Labute approximate surface area is 199 Å². The van der Waals surface area contributed by atoms with Crippen molar-refractivity contribution in [3.63, 3.8) is 0 Å². The first-order valence-electron chi connectivity index (χ1n) is 11.2. The Bertz CT molecular complexity index is 1280. The average Bonchev–Trinajstić information content (AvgIpc) is 3.32. The number of nitrogens with zero attached hydrogens (tertiary/aromatic N) is 2. The van der Waals surface area contributed by atoms with Crippen molar-refractivity contribution in [3.05, 3.63) is 89.2 Å². The zero-order valence-corrected chi connectivity index (χ0v) is 20.1. The third-order valence-electron chi connectivity index (χ3n) is 6.18. The molecule has 1 atom stereocenters. The van der Waals surface area contributed by atoms with Crippen molar-refractivity contribution < 1.29 is 22.7 Å². The van der Waals surface area contributed by atoms with Gasteiger partial charge in [-0.1, -0.05) is 48.5 Å². The molecule has 7 nitrogen and oxygen atoms in total. The van der Waals surface area contributed by atoms with Crippen LogP contribution in [0.15, 0.2) is 66.7 Å². The number of benzene rings is 2. The summed E-state index contributed by atoms with van der Waals surface area (Å²) in [6, 6.07) is 20.1. The van der Waals surface area contributed by atoms with Gasteiger partial charge in [0.1, 0.15) is 0 Å². The normalized spacial score (nSPS) is 16.8. The van der Waals surface area contributed by atoms with Gasteiger partial charge in [-0.05, 0) is 44.0 Å². The summed E-state index contributed by atoms with van der Waals surface area (Å²) in [6.45, 7) is 3.94. The second-order valence-corrected chi connectivity index (χ2v) is 10.8. The molecule has 1 aromatic heterocycles. The molecule has 0 spiro atoms. The molecule has 8 heteroatoms. The highest BCUT2D eigenvalue weighted by Crippen LogP contribution is 2.25. The zero-order chi connectivity index (χ0) is 24.3. The Morgan fingerprint density at radius 3 is 2.29 bits per heavy atom. The van der Waals surface area contributed by atoms with E-state index >= 15 is 0 Å². The Kier molecular flexibility index (Phi) is 6.88. The molecule has 1 saturated heterocycles. The van der Waals surface area contributed by atoms with Crippen LogP contribution in [0.2, 0.25) is 0 Å². The number of aryl methyl sites for hydroxylation is 1. The van der Waals surface area contributed by atoms with Gasteiger partial charge in [-0.15, -0.1) is 0 Å². The first-order valence-corrected chi connectivity index (χ1v) is 13.0. The van der Waals surface area contributed by atoms with Crippen molar-refractivity contribution >= 4 is 27.4 Å². The van der Waals surface area contributed by atoms with Crippen LogP contribution >= 0.6 is 0 Å². The van der Waals surface area contributed by atoms with Crippen molar-refractivity contribution in [1.82, 2.24) is 4.57 Å². The SMILES string of the molecule is Cc1cc(C(=O)OCC(=O)N(c2ccccc2)[C@@H]2CCS(=O)(=O)C2)c(C)n1Cc1ccccc1. The van der Waals surface area contributed by atoms with Gasteiger partial charge in [0.05, 0.1) is 23.1 Å². The summed E-state index contributed by atoms with van der Waals surface area (Å²) < 4.78 is 31.5. The van der Waals surface area contributed by atoms with Crippen LogP contribution in [0.4, 0.5) is 5.69 Å². The van der Waals surface area contributed by atoms with Crippen LogP contribution in [0.1, 0.15) is 33.7 Å². The molecule has 0 aliphatic carbocycles. The molecule has 178 valence electrons. The van der Waals surface area contributed by atoms with Crippen molar-refractivity contribution in [1.29, 1.82) is 0 Å². The lowest BCUT2D eigenvalue weighted by Crippen LogP contribution is -2.43. The number of rotatable bonds is 7. The highest BCUT2D eigenvalue weighted by Gasteiger charge is 2.36. The molecule has 0 radical (unpaired) electrons. The predicted molar refractivity (Wildman–Crippen MR) is 131 cm³/mol. The van der Waals surface area contributed by atoms with Crippen LogP contribution in [0.5, 0.6) is 0 Å². The maximum Gasteiger partial charge on any atom is 0.340 e. The molecule has 1 aliphatic heterocycles. The minimum Gasteiger partial charge on any atom is -0.452 e. The molecule has 0 bridgehead atoms. The minimum atomic E-state index is -3.19. The second kappa shape index (κ2) is 9.85. The molecule has 1 amide bonds. The summed E-state index contributed by atoms with van der Waals surface area (Å²) >= 11 is 0. The molecule has 0 saturated carbocycles. The van der Waals surface area contributed by atoms with Gasteiger partial charge in [0.15, 0.2) is 16.4 Å². The molecule has 0 N–H and O–H groups in total. The predicted octanol–water partition coefficient (Wildman–Crippen LogP) is 3.53. The quantitative estimate of drug-likeness (QED) is 0.483. The zero-order valence-electron chi connectivity index (χ0n) is 19.3. The Balaban J connectivity index is 1.48. The van der Waals surface area contributed by atoms with Gasteiger partial charge >= 0.3 is 5.97 Å². The van der Waals surface area contributed by atoms with Gasteiger partial charge in [-0.2, -0.15) is 0 Å². The van der Waals surface area contributed by atoms with Gasteiger partial charge in [0, 0.05) is 23.6 Å². The average molecular weight is 481 g/mol. The molecular weight excluding hydrogens is 452 g/mol. The maximum atomic E-state index is 13.1. The van der Waals surface area contributed by atoms with E-state index in [1.807, 2.05) is 54.8 Å². The molecule has 3 aromatic rings. The lowest BCUT2D eigenvalue weighted by Gasteiger charge is -2.28. The minimum absolute atomic E-state index is 0.0431. The number of aromatic nitrogens is 1. The molecule has 4 rings (SSSR count). The second-order valence-electron chi connectivity index (χ2n) is 8.59. The smallest absolute Gasteiger partial charge is 0.340 e. The standard InChI is InChI=1S/C26H28N2O5S/c1-19-15-24(20(2)27(19)16-21-9-5-3-6-10-21)26(30)33-17-25(29)28(22-11-7-4-8-12-22)23-13-14-34(31,32)18-23/h3-12,15,23H,13-14,16-18H2,1-2H3/t23-/m1/s1. The number of hydrogen-bond donors (Lipinski definition) is 0. The van der Waals surface area contributed by atoms with E-state index in [1.54, 1.807) is 30.3 Å². The Hall–Kier alpha value is -3.39. The maximum absolute atomic E-state index is 13.1. The van der Waals surface area contributed by atoms with Crippen LogP contribution in [0, 0.1) is 13.8 Å². The van der Waals surface area contributed by atoms with Crippen LogP contribution in [0.25, 0.3) is 0 Å². The van der Waals surface area contributed by atoms with E-state index in [4.69, 9.17) is 4.74 Å². The fourth-order valence-corrected chi connectivity index (χ4v) is 6.12. The first-order chi connectivity index (χ1) is 16.2. The number of carbonyl (C=O) groups is 2. The fraction of sp³-hybridized carbons (Fsp3) is 0.308. The molecule has 2 aromatic carbocycles. The topological polar surface area (TPSA) is 85.7 Å². The number of ether oxygens (including phenoxy) is 1. The highest BCUT2D eigenvalue weighted by atomic mass is 32.2. The number of sulfone groups is 1. The van der Waals surface area contributed by atoms with Crippen LogP contribution < -0.4 is 4.90 Å². The van der Waals surface area contributed by atoms with E-state index in [0.717, 1.165) is 17.0 Å². The number of para-hydroxylation sites is 1. The van der Waals surface area contributed by atoms with E-state index < -0.39 is 34.4 Å². The fourth-order valence-electron chi connectivity index (χ4n) is 4.42. The first kappa shape index (κ1) is 23.8. The number of anilines is 1. The van der Waals surface area contributed by atoms with E-state index in [0.29, 0.717) is 24.2 Å². The van der Waals surface area contributed by atoms with E-state index in [9.17, 15) is 18.0 Å². The summed E-state index contributed by atoms with van der Waals surface area (Å²) in [5.74, 6) is -1.07. The summed E-state index contributed by atoms with van der Waals surface area (Å²) in [6.07, 6.45) is 0.359. The van der Waals surface area contributed by atoms with Gasteiger partial charge in [-0.3, -0.25) is 4.79 Å². The summed E-state index contributed by atoms with van der Waals surface area (Å²) in [5, 5.41) is 0. The summed E-state index contributed by atoms with van der Waals surface area (Å²) in [5.41, 5.74) is 3.80. The molecule has 0 unspecified atom stereocenters. The molecular formula is C26H28N2O5S. The lowest BCUT2D eigenvalue weighted by atomic mass is 10.2. The number of carbonyl (C=O) groups excluding carboxylic acids is 2. The number of amides is 1. The molecule has 2 heterocycles. The monoisotopic (exact) mass is 480 g/mol. The van der Waals surface area contributed by atoms with E-state index in [2.05, 4.69) is 0 Å². The van der Waals surface area contributed by atoms with Crippen molar-refractivity contribution in [2.75, 3.05) is 23.0 Å². The van der Waals surface area contributed by atoms with Gasteiger partial charge in [0.25, 0.3) is 5.91 Å². The Morgan fingerprint density at radius 1 is 1.03 bits per heavy atom. The number of esters is 1.